The van der Waals surface area contributed by atoms with Crippen molar-refractivity contribution in [3.8, 4) is 0 Å². The number of carbonyl (C=O) groups excluding carboxylic acids is 3. The number of amides is 3. The summed E-state index contributed by atoms with van der Waals surface area (Å²) in [6, 6.07) is 5.01. The maximum Gasteiger partial charge on any atom is 0.345 e. The zero-order valence-electron chi connectivity index (χ0n) is 17.1. The van der Waals surface area contributed by atoms with Crippen LogP contribution in [-0.2, 0) is 24.3 Å². The molecule has 0 spiro atoms. The Hall–Kier alpha value is -2.75. The summed E-state index contributed by atoms with van der Waals surface area (Å²) in [5.74, 6) is 0.0627. The summed E-state index contributed by atoms with van der Waals surface area (Å²) in [4.78, 5) is 50.4. The molecule has 0 saturated carbocycles. The van der Waals surface area contributed by atoms with Crippen molar-refractivity contribution >= 4 is 33.7 Å². The van der Waals surface area contributed by atoms with E-state index in [4.69, 9.17) is 0 Å². The van der Waals surface area contributed by atoms with E-state index < -0.39 is 0 Å². The van der Waals surface area contributed by atoms with Gasteiger partial charge in [0.25, 0.3) is 11.8 Å². The van der Waals surface area contributed by atoms with Gasteiger partial charge in [0.1, 0.15) is 5.82 Å². The Morgan fingerprint density at radius 2 is 1.87 bits per heavy atom. The molecule has 10 heteroatoms. The number of carbonyl (C=O) groups is 3. The third kappa shape index (κ3) is 4.48. The Bertz CT molecular complexity index is 1090. The van der Waals surface area contributed by atoms with Crippen LogP contribution in [0.3, 0.4) is 0 Å². The highest BCUT2D eigenvalue weighted by atomic mass is 79.9. The number of benzene rings is 1. The van der Waals surface area contributed by atoms with Gasteiger partial charge in [0, 0.05) is 43.5 Å². The number of aryl methyl sites for hydroxylation is 2. The van der Waals surface area contributed by atoms with E-state index in [0.29, 0.717) is 37.1 Å². The lowest BCUT2D eigenvalue weighted by molar-refractivity contribution is -0.121. The van der Waals surface area contributed by atoms with Crippen molar-refractivity contribution in [3.05, 3.63) is 50.1 Å². The number of nitrogens with zero attached hydrogens (tertiary/aromatic N) is 4. The lowest BCUT2D eigenvalue weighted by Crippen LogP contribution is -2.32. The van der Waals surface area contributed by atoms with Crippen molar-refractivity contribution < 1.29 is 14.4 Å². The van der Waals surface area contributed by atoms with E-state index in [1.807, 2.05) is 0 Å². The molecule has 2 aliphatic heterocycles. The monoisotopic (exact) mass is 489 g/mol. The molecule has 1 N–H and O–H groups in total. The summed E-state index contributed by atoms with van der Waals surface area (Å²) in [5.41, 5.74) is 0.711. The largest absolute Gasteiger partial charge is 0.356 e. The molecule has 3 heterocycles. The zero-order valence-corrected chi connectivity index (χ0v) is 18.7. The third-order valence-electron chi connectivity index (χ3n) is 5.62. The minimum Gasteiger partial charge on any atom is -0.356 e. The van der Waals surface area contributed by atoms with Crippen molar-refractivity contribution in [3.63, 3.8) is 0 Å². The van der Waals surface area contributed by atoms with Crippen LogP contribution < -0.4 is 11.0 Å². The number of imide groups is 1. The highest BCUT2D eigenvalue weighted by Crippen LogP contribution is 2.26. The summed E-state index contributed by atoms with van der Waals surface area (Å²) < 4.78 is 3.96. The van der Waals surface area contributed by atoms with Gasteiger partial charge in [-0.1, -0.05) is 15.9 Å². The van der Waals surface area contributed by atoms with Gasteiger partial charge >= 0.3 is 5.69 Å². The summed E-state index contributed by atoms with van der Waals surface area (Å²) in [6.45, 7) is 1.83. The number of hydrogen-bond acceptors (Lipinski definition) is 5. The smallest absolute Gasteiger partial charge is 0.345 e. The molecule has 2 aromatic rings. The molecule has 0 radical (unpaired) electrons. The first-order chi connectivity index (χ1) is 15.0. The number of hydrogen-bond donors (Lipinski definition) is 1. The van der Waals surface area contributed by atoms with Crippen LogP contribution in [0.25, 0.3) is 0 Å². The van der Waals surface area contributed by atoms with Gasteiger partial charge in [-0.2, -0.15) is 5.10 Å². The molecular formula is C21H24BrN5O4. The standard InChI is InChI=1S/C21H24BrN5O4/c22-14-7-8-15-16(13-14)20(30)26(19(15)29)11-3-6-18(28)23-9-4-12-27-21(31)25-10-2-1-5-17(25)24-27/h7-8,13H,1-6,9-12H2,(H,23,28). The molecule has 3 amide bonds. The maximum absolute atomic E-state index is 12.4. The van der Waals surface area contributed by atoms with Gasteiger partial charge in [0.15, 0.2) is 0 Å². The van der Waals surface area contributed by atoms with E-state index in [0.717, 1.165) is 36.1 Å². The van der Waals surface area contributed by atoms with Crippen LogP contribution >= 0.6 is 15.9 Å². The maximum atomic E-state index is 12.4. The van der Waals surface area contributed by atoms with Gasteiger partial charge in [-0.25, -0.2) is 9.48 Å². The van der Waals surface area contributed by atoms with Crippen LogP contribution in [0.4, 0.5) is 0 Å². The van der Waals surface area contributed by atoms with Gasteiger partial charge in [0.2, 0.25) is 5.91 Å². The first-order valence-electron chi connectivity index (χ1n) is 10.5. The fourth-order valence-corrected chi connectivity index (χ4v) is 4.36. The first kappa shape index (κ1) is 21.5. The fraction of sp³-hybridized carbons (Fsp3) is 0.476. The Kier molecular flexibility index (Phi) is 6.35. The molecule has 0 atom stereocenters. The minimum absolute atomic E-state index is 0.0750. The molecule has 0 unspecified atom stereocenters. The molecule has 9 nitrogen and oxygen atoms in total. The molecule has 1 aromatic heterocycles. The molecule has 0 aliphatic carbocycles. The molecule has 2 aliphatic rings. The molecule has 31 heavy (non-hydrogen) atoms. The zero-order chi connectivity index (χ0) is 22.0. The van der Waals surface area contributed by atoms with Crippen molar-refractivity contribution in [2.45, 2.75) is 51.6 Å². The molecular weight excluding hydrogens is 466 g/mol. The lowest BCUT2D eigenvalue weighted by Gasteiger charge is -2.13. The van der Waals surface area contributed by atoms with Crippen LogP contribution in [0.1, 0.15) is 58.6 Å². The number of aromatic nitrogens is 3. The number of fused-ring (bicyclic) bond motifs is 2. The van der Waals surface area contributed by atoms with Crippen molar-refractivity contribution in [2.75, 3.05) is 13.1 Å². The second-order valence-electron chi connectivity index (χ2n) is 7.79. The molecule has 1 aromatic carbocycles. The summed E-state index contributed by atoms with van der Waals surface area (Å²) in [5, 5.41) is 7.20. The highest BCUT2D eigenvalue weighted by molar-refractivity contribution is 9.10. The van der Waals surface area contributed by atoms with E-state index in [1.165, 1.54) is 9.58 Å². The molecule has 4 rings (SSSR count). The summed E-state index contributed by atoms with van der Waals surface area (Å²) in [6.07, 6.45) is 4.12. The third-order valence-corrected chi connectivity index (χ3v) is 6.11. The van der Waals surface area contributed by atoms with Crippen LogP contribution in [0.15, 0.2) is 27.5 Å². The molecule has 0 saturated heterocycles. The first-order valence-corrected chi connectivity index (χ1v) is 11.3. The van der Waals surface area contributed by atoms with Crippen molar-refractivity contribution in [1.29, 1.82) is 0 Å². The number of rotatable bonds is 8. The van der Waals surface area contributed by atoms with Gasteiger partial charge in [-0.15, -0.1) is 0 Å². The molecule has 164 valence electrons. The Morgan fingerprint density at radius 1 is 1.06 bits per heavy atom. The number of nitrogens with one attached hydrogen (secondary N) is 1. The van der Waals surface area contributed by atoms with E-state index >= 15 is 0 Å². The van der Waals surface area contributed by atoms with Crippen LogP contribution in [0.2, 0.25) is 0 Å². The predicted molar refractivity (Wildman–Crippen MR) is 116 cm³/mol. The fourth-order valence-electron chi connectivity index (χ4n) is 4.00. The Morgan fingerprint density at radius 3 is 2.68 bits per heavy atom. The van der Waals surface area contributed by atoms with Crippen molar-refractivity contribution in [1.82, 2.24) is 24.6 Å². The SMILES string of the molecule is O=C(CCCN1C(=O)c2ccc(Br)cc2C1=O)NCCCn1nc2n(c1=O)CCCC2. The normalized spacial score (nSPS) is 15.2. The van der Waals surface area contributed by atoms with Crippen molar-refractivity contribution in [2.24, 2.45) is 0 Å². The topological polar surface area (TPSA) is 106 Å². The van der Waals surface area contributed by atoms with Gasteiger partial charge in [0.05, 0.1) is 11.1 Å². The number of halogens is 1. The van der Waals surface area contributed by atoms with Gasteiger partial charge in [-0.05, 0) is 43.9 Å². The van der Waals surface area contributed by atoms with E-state index in [1.54, 1.807) is 22.8 Å². The van der Waals surface area contributed by atoms with E-state index in [9.17, 15) is 19.2 Å². The summed E-state index contributed by atoms with van der Waals surface area (Å²) >= 11 is 3.31. The predicted octanol–water partition coefficient (Wildman–Crippen LogP) is 1.73. The van der Waals surface area contributed by atoms with Crippen LogP contribution in [0, 0.1) is 0 Å². The Balaban J connectivity index is 1.18. The van der Waals surface area contributed by atoms with Crippen LogP contribution in [0.5, 0.6) is 0 Å². The second kappa shape index (κ2) is 9.17. The average molecular weight is 490 g/mol. The quantitative estimate of drug-likeness (QED) is 0.448. The van der Waals surface area contributed by atoms with Crippen LogP contribution in [-0.4, -0.2) is 50.1 Å². The average Bonchev–Trinajstić information content (AvgIpc) is 3.20. The Labute approximate surface area is 187 Å². The lowest BCUT2D eigenvalue weighted by atomic mass is 10.1. The van der Waals surface area contributed by atoms with Gasteiger partial charge < -0.3 is 5.32 Å². The van der Waals surface area contributed by atoms with Gasteiger partial charge in [-0.3, -0.25) is 23.9 Å². The molecule has 0 bridgehead atoms. The second-order valence-corrected chi connectivity index (χ2v) is 8.71. The summed E-state index contributed by atoms with van der Waals surface area (Å²) in [7, 11) is 0. The van der Waals surface area contributed by atoms with E-state index in [2.05, 4.69) is 26.3 Å². The highest BCUT2D eigenvalue weighted by Gasteiger charge is 2.35. The van der Waals surface area contributed by atoms with E-state index in [-0.39, 0.29) is 36.4 Å². The minimum atomic E-state index is -0.324. The molecule has 0 fully saturated rings.